The van der Waals surface area contributed by atoms with Crippen molar-refractivity contribution in [3.8, 4) is 11.6 Å². The van der Waals surface area contributed by atoms with E-state index < -0.39 is 0 Å². The minimum Gasteiger partial charge on any atom is -0.490 e. The number of ether oxygens (including phenoxy) is 2. The van der Waals surface area contributed by atoms with Gasteiger partial charge in [-0.1, -0.05) is 18.2 Å². The molecule has 5 nitrogen and oxygen atoms in total. The Labute approximate surface area is 123 Å². The molecule has 0 spiro atoms. The average Bonchev–Trinajstić information content (AvgIpc) is 3.07. The molecule has 0 radical (unpaired) electrons. The Hall–Kier alpha value is -2.56. The van der Waals surface area contributed by atoms with Crippen molar-refractivity contribution in [2.75, 3.05) is 26.3 Å². The monoisotopic (exact) mass is 283 g/mol. The molecule has 0 amide bonds. The van der Waals surface area contributed by atoms with Crippen molar-refractivity contribution in [1.82, 2.24) is 10.3 Å². The molecule has 0 fully saturated rings. The average molecular weight is 283 g/mol. The van der Waals surface area contributed by atoms with Crippen LogP contribution in [0.2, 0.25) is 0 Å². The maximum Gasteiger partial charge on any atom is 0.224 e. The van der Waals surface area contributed by atoms with Crippen LogP contribution in [0.5, 0.6) is 11.6 Å². The normalized spacial score (nSPS) is 13.4. The van der Waals surface area contributed by atoms with Crippen LogP contribution in [-0.4, -0.2) is 37.1 Å². The van der Waals surface area contributed by atoms with Crippen LogP contribution < -0.4 is 14.8 Å². The highest BCUT2D eigenvalue weighted by molar-refractivity contribution is 6.01. The fourth-order valence-electron chi connectivity index (χ4n) is 2.08. The van der Waals surface area contributed by atoms with Gasteiger partial charge in [0.1, 0.15) is 24.8 Å². The molecular formula is C16H17N3O2. The van der Waals surface area contributed by atoms with E-state index in [1.54, 1.807) is 6.20 Å². The van der Waals surface area contributed by atoms with Crippen LogP contribution in [0.15, 0.2) is 53.7 Å². The van der Waals surface area contributed by atoms with Gasteiger partial charge in [-0.2, -0.15) is 0 Å². The first-order valence-electron chi connectivity index (χ1n) is 6.98. The largest absolute Gasteiger partial charge is 0.490 e. The summed E-state index contributed by atoms with van der Waals surface area (Å²) in [7, 11) is 0. The lowest BCUT2D eigenvalue weighted by atomic mass is 10.2. The van der Waals surface area contributed by atoms with Crippen LogP contribution >= 0.6 is 0 Å². The number of hydrogen-bond donors (Lipinski definition) is 1. The molecule has 1 aromatic heterocycles. The second-order valence-electron chi connectivity index (χ2n) is 4.52. The van der Waals surface area contributed by atoms with Gasteiger partial charge in [-0.05, 0) is 24.3 Å². The van der Waals surface area contributed by atoms with Gasteiger partial charge in [-0.15, -0.1) is 0 Å². The SMILES string of the molecule is c1ccc(OCCOc2ncccc2C2=NCCN2)cc1. The van der Waals surface area contributed by atoms with E-state index in [1.807, 2.05) is 42.5 Å². The number of nitrogens with zero attached hydrogens (tertiary/aromatic N) is 2. The molecule has 3 rings (SSSR count). The maximum atomic E-state index is 5.71. The third kappa shape index (κ3) is 3.51. The summed E-state index contributed by atoms with van der Waals surface area (Å²) in [5.41, 5.74) is 0.898. The van der Waals surface area contributed by atoms with E-state index in [0.717, 1.165) is 30.2 Å². The first kappa shape index (κ1) is 13.4. The van der Waals surface area contributed by atoms with E-state index in [1.165, 1.54) is 0 Å². The van der Waals surface area contributed by atoms with Gasteiger partial charge in [-0.3, -0.25) is 4.99 Å². The van der Waals surface area contributed by atoms with E-state index in [2.05, 4.69) is 15.3 Å². The number of nitrogens with one attached hydrogen (secondary N) is 1. The lowest BCUT2D eigenvalue weighted by Crippen LogP contribution is -2.21. The lowest BCUT2D eigenvalue weighted by molar-refractivity contribution is 0.211. The predicted molar refractivity (Wildman–Crippen MR) is 81.1 cm³/mol. The third-order valence-corrected chi connectivity index (χ3v) is 3.03. The highest BCUT2D eigenvalue weighted by atomic mass is 16.5. The quantitative estimate of drug-likeness (QED) is 0.823. The van der Waals surface area contributed by atoms with E-state index >= 15 is 0 Å². The van der Waals surface area contributed by atoms with Crippen molar-refractivity contribution in [2.24, 2.45) is 4.99 Å². The molecule has 1 aliphatic heterocycles. The summed E-state index contributed by atoms with van der Waals surface area (Å²) in [4.78, 5) is 8.67. The second-order valence-corrected chi connectivity index (χ2v) is 4.52. The summed E-state index contributed by atoms with van der Waals surface area (Å²) in [6.07, 6.45) is 1.71. The fraction of sp³-hybridized carbons (Fsp3) is 0.250. The highest BCUT2D eigenvalue weighted by Crippen LogP contribution is 2.16. The third-order valence-electron chi connectivity index (χ3n) is 3.03. The van der Waals surface area contributed by atoms with Crippen LogP contribution in [0, 0.1) is 0 Å². The van der Waals surface area contributed by atoms with Crippen molar-refractivity contribution < 1.29 is 9.47 Å². The summed E-state index contributed by atoms with van der Waals surface area (Å²) in [5, 5.41) is 3.23. The van der Waals surface area contributed by atoms with Crippen molar-refractivity contribution in [3.05, 3.63) is 54.2 Å². The summed E-state index contributed by atoms with van der Waals surface area (Å²) in [6.45, 7) is 2.56. The molecule has 2 heterocycles. The van der Waals surface area contributed by atoms with Gasteiger partial charge in [0.05, 0.1) is 12.1 Å². The van der Waals surface area contributed by atoms with Crippen molar-refractivity contribution >= 4 is 5.84 Å². The Morgan fingerprint density at radius 1 is 1.00 bits per heavy atom. The number of benzene rings is 1. The number of amidine groups is 1. The predicted octanol–water partition coefficient (Wildman–Crippen LogP) is 1.89. The lowest BCUT2D eigenvalue weighted by Gasteiger charge is -2.11. The Morgan fingerprint density at radius 2 is 1.86 bits per heavy atom. The van der Waals surface area contributed by atoms with Crippen molar-refractivity contribution in [1.29, 1.82) is 0 Å². The van der Waals surface area contributed by atoms with Crippen LogP contribution in [0.25, 0.3) is 0 Å². The fourth-order valence-corrected chi connectivity index (χ4v) is 2.08. The summed E-state index contributed by atoms with van der Waals surface area (Å²) >= 11 is 0. The maximum absolute atomic E-state index is 5.71. The van der Waals surface area contributed by atoms with Gasteiger partial charge >= 0.3 is 0 Å². The number of aliphatic imine (C=N–C) groups is 1. The van der Waals surface area contributed by atoms with E-state index in [0.29, 0.717) is 19.1 Å². The molecule has 0 saturated carbocycles. The molecule has 2 aromatic rings. The van der Waals surface area contributed by atoms with E-state index in [-0.39, 0.29) is 0 Å². The van der Waals surface area contributed by atoms with Crippen molar-refractivity contribution in [3.63, 3.8) is 0 Å². The molecular weight excluding hydrogens is 266 g/mol. The number of aromatic nitrogens is 1. The van der Waals surface area contributed by atoms with E-state index in [4.69, 9.17) is 9.47 Å². The molecule has 0 unspecified atom stereocenters. The van der Waals surface area contributed by atoms with Gasteiger partial charge in [0.25, 0.3) is 0 Å². The summed E-state index contributed by atoms with van der Waals surface area (Å²) in [5.74, 6) is 2.27. The molecule has 0 aliphatic carbocycles. The molecule has 1 aliphatic rings. The summed E-state index contributed by atoms with van der Waals surface area (Å²) in [6, 6.07) is 13.5. The van der Waals surface area contributed by atoms with Gasteiger partial charge in [0, 0.05) is 12.7 Å². The van der Waals surface area contributed by atoms with E-state index in [9.17, 15) is 0 Å². The molecule has 0 bridgehead atoms. The standard InChI is InChI=1S/C16H17N3O2/c1-2-5-13(6-3-1)20-11-12-21-16-14(7-4-8-19-16)15-17-9-10-18-15/h1-8H,9-12H2,(H,17,18). The van der Waals surface area contributed by atoms with Crippen LogP contribution in [0.4, 0.5) is 0 Å². The topological polar surface area (TPSA) is 55.7 Å². The zero-order valence-corrected chi connectivity index (χ0v) is 11.7. The Balaban J connectivity index is 1.56. The molecule has 1 N–H and O–H groups in total. The minimum absolute atomic E-state index is 0.437. The molecule has 5 heteroatoms. The molecule has 21 heavy (non-hydrogen) atoms. The number of pyridine rings is 1. The first-order valence-corrected chi connectivity index (χ1v) is 6.98. The van der Waals surface area contributed by atoms with Gasteiger partial charge in [0.15, 0.2) is 0 Å². The molecule has 1 aromatic carbocycles. The zero-order chi connectivity index (χ0) is 14.3. The Morgan fingerprint density at radius 3 is 2.67 bits per heavy atom. The van der Waals surface area contributed by atoms with Crippen molar-refractivity contribution in [2.45, 2.75) is 0 Å². The summed E-state index contributed by atoms with van der Waals surface area (Å²) < 4.78 is 11.3. The number of rotatable bonds is 6. The Kier molecular flexibility index (Phi) is 4.31. The highest BCUT2D eigenvalue weighted by Gasteiger charge is 2.14. The Bertz CT molecular complexity index is 614. The zero-order valence-electron chi connectivity index (χ0n) is 11.7. The molecule has 0 saturated heterocycles. The van der Waals surface area contributed by atoms with Gasteiger partial charge < -0.3 is 14.8 Å². The first-order chi connectivity index (χ1) is 10.4. The second kappa shape index (κ2) is 6.74. The van der Waals surface area contributed by atoms with Gasteiger partial charge in [0.2, 0.25) is 5.88 Å². The van der Waals surface area contributed by atoms with Crippen LogP contribution in [0.3, 0.4) is 0 Å². The smallest absolute Gasteiger partial charge is 0.224 e. The molecule has 0 atom stereocenters. The van der Waals surface area contributed by atoms with Crippen LogP contribution in [0.1, 0.15) is 5.56 Å². The van der Waals surface area contributed by atoms with Crippen LogP contribution in [-0.2, 0) is 0 Å². The minimum atomic E-state index is 0.437. The number of para-hydroxylation sites is 1. The van der Waals surface area contributed by atoms with Gasteiger partial charge in [-0.25, -0.2) is 4.98 Å². The number of hydrogen-bond acceptors (Lipinski definition) is 5. The molecule has 108 valence electrons.